The second-order valence-electron chi connectivity index (χ2n) is 9.53. The zero-order valence-corrected chi connectivity index (χ0v) is 21.7. The van der Waals surface area contributed by atoms with Crippen LogP contribution in [0.1, 0.15) is 64.9 Å². The van der Waals surface area contributed by atoms with E-state index in [0.717, 1.165) is 61.8 Å². The number of benzene rings is 1. The molecule has 1 aliphatic carbocycles. The van der Waals surface area contributed by atoms with Gasteiger partial charge in [-0.2, -0.15) is 4.98 Å². The molecule has 1 amide bonds. The predicted octanol–water partition coefficient (Wildman–Crippen LogP) is 5.01. The molecule has 190 valence electrons. The summed E-state index contributed by atoms with van der Waals surface area (Å²) in [6.07, 6.45) is 5.70. The van der Waals surface area contributed by atoms with E-state index in [4.69, 9.17) is 9.26 Å². The van der Waals surface area contributed by atoms with Crippen LogP contribution >= 0.6 is 11.3 Å². The summed E-state index contributed by atoms with van der Waals surface area (Å²) in [5.41, 5.74) is 3.68. The molecular weight excluding hydrogens is 476 g/mol. The molecule has 0 radical (unpaired) electrons. The van der Waals surface area contributed by atoms with Crippen LogP contribution in [0.2, 0.25) is 0 Å². The van der Waals surface area contributed by atoms with Crippen LogP contribution in [0.5, 0.6) is 0 Å². The van der Waals surface area contributed by atoms with Gasteiger partial charge < -0.3 is 14.6 Å². The number of amides is 1. The first-order chi connectivity index (χ1) is 17.5. The molecule has 1 atom stereocenters. The minimum atomic E-state index is -0.335. The van der Waals surface area contributed by atoms with Gasteiger partial charge in [0.15, 0.2) is 0 Å². The minimum Gasteiger partial charge on any atom is -0.462 e. The number of aromatic nitrogens is 2. The molecule has 5 rings (SSSR count). The highest BCUT2D eigenvalue weighted by molar-refractivity contribution is 7.17. The molecule has 0 spiro atoms. The van der Waals surface area contributed by atoms with Crippen molar-refractivity contribution < 1.29 is 18.8 Å². The van der Waals surface area contributed by atoms with Crippen LogP contribution in [0.3, 0.4) is 0 Å². The van der Waals surface area contributed by atoms with Crippen molar-refractivity contribution in [3.8, 4) is 11.4 Å². The third-order valence-corrected chi connectivity index (χ3v) is 8.18. The number of hydrogen-bond donors (Lipinski definition) is 1. The fourth-order valence-corrected chi connectivity index (χ4v) is 6.42. The highest BCUT2D eigenvalue weighted by Crippen LogP contribution is 2.39. The van der Waals surface area contributed by atoms with Crippen molar-refractivity contribution in [3.05, 3.63) is 51.7 Å². The molecule has 1 N–H and O–H groups in total. The van der Waals surface area contributed by atoms with Crippen LogP contribution in [-0.4, -0.2) is 46.6 Å². The molecule has 8 nitrogen and oxygen atoms in total. The van der Waals surface area contributed by atoms with E-state index in [0.29, 0.717) is 42.0 Å². The van der Waals surface area contributed by atoms with Crippen LogP contribution in [0.15, 0.2) is 28.8 Å². The molecule has 36 heavy (non-hydrogen) atoms. The summed E-state index contributed by atoms with van der Waals surface area (Å²) in [5.74, 6) is 0.576. The van der Waals surface area contributed by atoms with Gasteiger partial charge in [0.05, 0.1) is 24.6 Å². The lowest BCUT2D eigenvalue weighted by Crippen LogP contribution is -2.40. The first-order valence-corrected chi connectivity index (χ1v) is 13.6. The molecule has 3 aromatic rings. The van der Waals surface area contributed by atoms with Crippen LogP contribution in [0, 0.1) is 12.8 Å². The Kier molecular flexibility index (Phi) is 7.48. The van der Waals surface area contributed by atoms with E-state index >= 15 is 0 Å². The molecule has 0 saturated carbocycles. The normalized spacial score (nSPS) is 18.0. The van der Waals surface area contributed by atoms with E-state index < -0.39 is 0 Å². The smallest absolute Gasteiger partial charge is 0.341 e. The van der Waals surface area contributed by atoms with Gasteiger partial charge in [-0.15, -0.1) is 11.3 Å². The number of carbonyl (C=O) groups is 2. The van der Waals surface area contributed by atoms with Crippen molar-refractivity contribution in [1.29, 1.82) is 0 Å². The lowest BCUT2D eigenvalue weighted by molar-refractivity contribution is -0.121. The Bertz CT molecular complexity index is 1250. The highest BCUT2D eigenvalue weighted by Gasteiger charge is 2.31. The summed E-state index contributed by atoms with van der Waals surface area (Å²) >= 11 is 1.53. The van der Waals surface area contributed by atoms with Crippen molar-refractivity contribution >= 4 is 28.2 Å². The maximum Gasteiger partial charge on any atom is 0.341 e. The zero-order chi connectivity index (χ0) is 25.1. The Labute approximate surface area is 215 Å². The summed E-state index contributed by atoms with van der Waals surface area (Å²) in [5, 5.41) is 7.90. The van der Waals surface area contributed by atoms with Crippen LogP contribution in [0.4, 0.5) is 5.00 Å². The molecule has 1 unspecified atom stereocenters. The first-order valence-electron chi connectivity index (χ1n) is 12.8. The number of piperidine rings is 1. The van der Waals surface area contributed by atoms with Crippen molar-refractivity contribution in [2.45, 2.75) is 58.9 Å². The molecule has 2 aliphatic rings. The number of esters is 1. The summed E-state index contributed by atoms with van der Waals surface area (Å²) in [6.45, 7) is 6.12. The average molecular weight is 509 g/mol. The van der Waals surface area contributed by atoms with E-state index in [1.807, 2.05) is 31.2 Å². The first kappa shape index (κ1) is 24.6. The molecule has 1 saturated heterocycles. The molecule has 3 heterocycles. The number of fused-ring (bicyclic) bond motifs is 1. The quantitative estimate of drug-likeness (QED) is 0.448. The monoisotopic (exact) mass is 508 g/mol. The third kappa shape index (κ3) is 5.22. The number of ether oxygens (including phenoxy) is 1. The predicted molar refractivity (Wildman–Crippen MR) is 138 cm³/mol. The van der Waals surface area contributed by atoms with Crippen molar-refractivity contribution in [1.82, 2.24) is 15.0 Å². The number of aryl methyl sites for hydroxylation is 2. The Morgan fingerprint density at radius 1 is 1.22 bits per heavy atom. The Balaban J connectivity index is 1.26. The SMILES string of the molecule is CCOC(=O)c1c(NC(=O)C2CCCN(Cc3nc(-c4ccccc4C)no3)C2)sc2c1CCCC2. The van der Waals surface area contributed by atoms with E-state index in [2.05, 4.69) is 20.4 Å². The molecule has 1 aromatic carbocycles. The average Bonchev–Trinajstić information content (AvgIpc) is 3.49. The maximum absolute atomic E-state index is 13.3. The Morgan fingerprint density at radius 2 is 2.06 bits per heavy atom. The fraction of sp³-hybridized carbons (Fsp3) is 0.481. The number of rotatable bonds is 7. The maximum atomic E-state index is 13.3. The van der Waals surface area contributed by atoms with Gasteiger partial charge in [-0.25, -0.2) is 4.79 Å². The molecule has 1 fully saturated rings. The van der Waals surface area contributed by atoms with Gasteiger partial charge in [0, 0.05) is 17.0 Å². The standard InChI is InChI=1S/C27H32N4O4S/c1-3-34-27(33)23-20-12-6-7-13-21(20)36-26(23)29-25(32)18-10-8-14-31(15-18)16-22-28-24(30-35-22)19-11-5-4-9-17(19)2/h4-5,9,11,18H,3,6-8,10,12-16H2,1-2H3,(H,29,32). The Hall–Kier alpha value is -3.04. The lowest BCUT2D eigenvalue weighted by atomic mass is 9.95. The number of hydrogen-bond acceptors (Lipinski definition) is 8. The number of carbonyl (C=O) groups excluding carboxylic acids is 2. The summed E-state index contributed by atoms with van der Waals surface area (Å²) in [6, 6.07) is 7.96. The Morgan fingerprint density at radius 3 is 2.89 bits per heavy atom. The van der Waals surface area contributed by atoms with Gasteiger partial charge in [0.2, 0.25) is 17.6 Å². The van der Waals surface area contributed by atoms with E-state index in [-0.39, 0.29) is 17.8 Å². The number of thiophene rings is 1. The summed E-state index contributed by atoms with van der Waals surface area (Å²) in [7, 11) is 0. The fourth-order valence-electron chi connectivity index (χ4n) is 5.14. The second-order valence-corrected chi connectivity index (χ2v) is 10.6. The van der Waals surface area contributed by atoms with Gasteiger partial charge in [-0.05, 0) is 70.0 Å². The largest absolute Gasteiger partial charge is 0.462 e. The van der Waals surface area contributed by atoms with Crippen molar-refractivity contribution in [2.75, 3.05) is 25.0 Å². The molecular formula is C27H32N4O4S. The molecule has 9 heteroatoms. The van der Waals surface area contributed by atoms with Gasteiger partial charge in [0.1, 0.15) is 5.00 Å². The molecule has 2 aromatic heterocycles. The summed E-state index contributed by atoms with van der Waals surface area (Å²) < 4.78 is 10.9. The number of likely N-dealkylation sites (tertiary alicyclic amines) is 1. The van der Waals surface area contributed by atoms with Gasteiger partial charge in [0.25, 0.3) is 0 Å². The van der Waals surface area contributed by atoms with Crippen LogP contribution in [-0.2, 0) is 28.9 Å². The lowest BCUT2D eigenvalue weighted by Gasteiger charge is -2.30. The topological polar surface area (TPSA) is 97.6 Å². The molecule has 0 bridgehead atoms. The van der Waals surface area contributed by atoms with E-state index in [9.17, 15) is 9.59 Å². The third-order valence-electron chi connectivity index (χ3n) is 6.98. The summed E-state index contributed by atoms with van der Waals surface area (Å²) in [4.78, 5) is 34.0. The van der Waals surface area contributed by atoms with E-state index in [1.165, 1.54) is 16.2 Å². The highest BCUT2D eigenvalue weighted by atomic mass is 32.1. The van der Waals surface area contributed by atoms with Gasteiger partial charge in [-0.3, -0.25) is 9.69 Å². The number of nitrogens with zero attached hydrogens (tertiary/aromatic N) is 3. The van der Waals surface area contributed by atoms with Gasteiger partial charge >= 0.3 is 5.97 Å². The number of anilines is 1. The number of nitrogens with one attached hydrogen (secondary N) is 1. The van der Waals surface area contributed by atoms with Crippen LogP contribution < -0.4 is 5.32 Å². The minimum absolute atomic E-state index is 0.0463. The van der Waals surface area contributed by atoms with E-state index in [1.54, 1.807) is 6.92 Å². The van der Waals surface area contributed by atoms with Gasteiger partial charge in [-0.1, -0.05) is 29.4 Å². The van der Waals surface area contributed by atoms with Crippen LogP contribution in [0.25, 0.3) is 11.4 Å². The van der Waals surface area contributed by atoms with Crippen molar-refractivity contribution in [2.24, 2.45) is 5.92 Å². The second kappa shape index (κ2) is 10.9. The van der Waals surface area contributed by atoms with Crippen molar-refractivity contribution in [3.63, 3.8) is 0 Å². The zero-order valence-electron chi connectivity index (χ0n) is 20.8. The molecule has 1 aliphatic heterocycles.